The molecule has 0 spiro atoms. The van der Waals surface area contributed by atoms with E-state index >= 15 is 0 Å². The summed E-state index contributed by atoms with van der Waals surface area (Å²) in [5.41, 5.74) is 0.888. The topological polar surface area (TPSA) is 60.9 Å². The number of aliphatic hydroxyl groups excluding tert-OH is 1. The molecule has 0 radical (unpaired) electrons. The van der Waals surface area contributed by atoms with Gasteiger partial charge in [0.1, 0.15) is 0 Å². The van der Waals surface area contributed by atoms with Gasteiger partial charge in [-0.3, -0.25) is 0 Å². The van der Waals surface area contributed by atoms with E-state index in [-0.39, 0.29) is 5.92 Å². The van der Waals surface area contributed by atoms with Crippen LogP contribution in [-0.2, 0) is 16.8 Å². The Kier molecular flexibility index (Phi) is 5.85. The van der Waals surface area contributed by atoms with Gasteiger partial charge < -0.3 is 5.11 Å². The molecule has 1 aromatic rings. The molecular formula is C15H23ClN2O3S. The van der Waals surface area contributed by atoms with Crippen LogP contribution >= 0.6 is 11.6 Å². The van der Waals surface area contributed by atoms with Crippen LogP contribution in [0.5, 0.6) is 0 Å². The molecule has 2 rings (SSSR count). The molecule has 0 amide bonds. The van der Waals surface area contributed by atoms with E-state index in [1.807, 2.05) is 12.1 Å². The maximum atomic E-state index is 12.7. The Morgan fingerprint density at radius 1 is 1.41 bits per heavy atom. The molecule has 5 nitrogen and oxygen atoms in total. The summed E-state index contributed by atoms with van der Waals surface area (Å²) < 4.78 is 28.2. The summed E-state index contributed by atoms with van der Waals surface area (Å²) in [7, 11) is -1.93. The quantitative estimate of drug-likeness (QED) is 0.888. The monoisotopic (exact) mass is 346 g/mol. The van der Waals surface area contributed by atoms with Gasteiger partial charge >= 0.3 is 0 Å². The van der Waals surface area contributed by atoms with E-state index < -0.39 is 16.3 Å². The second-order valence-corrected chi connectivity index (χ2v) is 8.36. The number of aliphatic hydroxyl groups is 1. The molecular weight excluding hydrogens is 324 g/mol. The number of benzene rings is 1. The van der Waals surface area contributed by atoms with Crippen molar-refractivity contribution in [3.63, 3.8) is 0 Å². The summed E-state index contributed by atoms with van der Waals surface area (Å²) in [6, 6.07) is 7.15. The highest BCUT2D eigenvalue weighted by molar-refractivity contribution is 7.86. The van der Waals surface area contributed by atoms with Crippen molar-refractivity contribution in [2.45, 2.75) is 32.4 Å². The van der Waals surface area contributed by atoms with Crippen molar-refractivity contribution in [3.8, 4) is 0 Å². The zero-order valence-electron chi connectivity index (χ0n) is 12.9. The van der Waals surface area contributed by atoms with Crippen molar-refractivity contribution in [3.05, 3.63) is 34.9 Å². The lowest BCUT2D eigenvalue weighted by Gasteiger charge is -2.35. The normalized spacial score (nSPS) is 22.0. The van der Waals surface area contributed by atoms with Gasteiger partial charge in [-0.05, 0) is 43.4 Å². The lowest BCUT2D eigenvalue weighted by atomic mass is 9.95. The molecule has 0 bridgehead atoms. The number of nitrogens with zero attached hydrogens (tertiary/aromatic N) is 2. The third kappa shape index (κ3) is 4.20. The van der Waals surface area contributed by atoms with Crippen molar-refractivity contribution in [2.75, 3.05) is 20.1 Å². The molecule has 2 unspecified atom stereocenters. The van der Waals surface area contributed by atoms with E-state index in [0.717, 1.165) is 18.4 Å². The van der Waals surface area contributed by atoms with Crippen LogP contribution in [0.3, 0.4) is 0 Å². The Morgan fingerprint density at radius 3 is 2.64 bits per heavy atom. The molecule has 0 aliphatic carbocycles. The highest BCUT2D eigenvalue weighted by Crippen LogP contribution is 2.24. The van der Waals surface area contributed by atoms with Crippen molar-refractivity contribution in [1.82, 2.24) is 8.61 Å². The maximum Gasteiger partial charge on any atom is 0.282 e. The molecule has 124 valence electrons. The van der Waals surface area contributed by atoms with E-state index in [0.29, 0.717) is 24.7 Å². The lowest BCUT2D eigenvalue weighted by Crippen LogP contribution is -2.48. The number of halogens is 1. The molecule has 0 aromatic heterocycles. The largest absolute Gasteiger partial charge is 0.393 e. The fourth-order valence-electron chi connectivity index (χ4n) is 2.70. The van der Waals surface area contributed by atoms with Crippen LogP contribution in [0.1, 0.15) is 25.3 Å². The third-order valence-corrected chi connectivity index (χ3v) is 6.29. The summed E-state index contributed by atoms with van der Waals surface area (Å²) in [6.45, 7) is 2.91. The lowest BCUT2D eigenvalue weighted by molar-refractivity contribution is 0.0868. The van der Waals surface area contributed by atoms with Gasteiger partial charge in [-0.2, -0.15) is 17.0 Å². The van der Waals surface area contributed by atoms with Crippen LogP contribution in [0, 0.1) is 5.92 Å². The first-order valence-electron chi connectivity index (χ1n) is 7.44. The van der Waals surface area contributed by atoms with E-state index in [9.17, 15) is 13.5 Å². The fourth-order valence-corrected chi connectivity index (χ4v) is 4.28. The highest BCUT2D eigenvalue weighted by atomic mass is 35.5. The van der Waals surface area contributed by atoms with Gasteiger partial charge in [0, 0.05) is 31.7 Å². The summed E-state index contributed by atoms with van der Waals surface area (Å²) in [4.78, 5) is 0. The first-order valence-corrected chi connectivity index (χ1v) is 9.22. The van der Waals surface area contributed by atoms with Gasteiger partial charge in [0.2, 0.25) is 0 Å². The second-order valence-electron chi connectivity index (χ2n) is 5.89. The van der Waals surface area contributed by atoms with Gasteiger partial charge in [0.15, 0.2) is 0 Å². The van der Waals surface area contributed by atoms with Gasteiger partial charge in [-0.1, -0.05) is 23.7 Å². The minimum absolute atomic E-state index is 0.00690. The molecule has 1 aliphatic heterocycles. The van der Waals surface area contributed by atoms with Crippen LogP contribution < -0.4 is 0 Å². The van der Waals surface area contributed by atoms with Gasteiger partial charge in [0.25, 0.3) is 10.2 Å². The van der Waals surface area contributed by atoms with Crippen molar-refractivity contribution in [1.29, 1.82) is 0 Å². The molecule has 0 saturated carbocycles. The molecule has 1 heterocycles. The van der Waals surface area contributed by atoms with Crippen LogP contribution in [0.15, 0.2) is 24.3 Å². The van der Waals surface area contributed by atoms with Crippen LogP contribution in [0.25, 0.3) is 0 Å². The van der Waals surface area contributed by atoms with E-state index in [1.54, 1.807) is 26.1 Å². The number of hydrogen-bond donors (Lipinski definition) is 1. The molecule has 1 saturated heterocycles. The molecule has 2 atom stereocenters. The molecule has 1 aliphatic rings. The fraction of sp³-hybridized carbons (Fsp3) is 0.600. The third-order valence-electron chi connectivity index (χ3n) is 4.14. The summed E-state index contributed by atoms with van der Waals surface area (Å²) >= 11 is 5.84. The van der Waals surface area contributed by atoms with Crippen molar-refractivity contribution < 1.29 is 13.5 Å². The van der Waals surface area contributed by atoms with Crippen molar-refractivity contribution in [2.24, 2.45) is 5.92 Å². The molecule has 22 heavy (non-hydrogen) atoms. The van der Waals surface area contributed by atoms with Gasteiger partial charge in [-0.25, -0.2) is 0 Å². The molecule has 1 N–H and O–H groups in total. The standard InChI is InChI=1S/C15H23ClN2O3S/c1-12(19)14-4-3-9-18(11-14)22(20,21)17(2)10-13-5-7-15(16)8-6-13/h5-8,12,14,19H,3-4,9-11H2,1-2H3. The average molecular weight is 347 g/mol. The van der Waals surface area contributed by atoms with Gasteiger partial charge in [0.05, 0.1) is 6.10 Å². The summed E-state index contributed by atoms with van der Waals surface area (Å²) in [5, 5.41) is 10.3. The van der Waals surface area contributed by atoms with E-state index in [4.69, 9.17) is 11.6 Å². The number of piperidine rings is 1. The SMILES string of the molecule is CC(O)C1CCCN(S(=O)(=O)N(C)Cc2ccc(Cl)cc2)C1. The minimum atomic E-state index is -3.51. The summed E-state index contributed by atoms with van der Waals surface area (Å²) in [5.74, 6) is 0.00690. The number of hydrogen-bond acceptors (Lipinski definition) is 3. The molecule has 1 aromatic carbocycles. The molecule has 7 heteroatoms. The van der Waals surface area contributed by atoms with Crippen LogP contribution in [0.4, 0.5) is 0 Å². The average Bonchev–Trinajstić information content (AvgIpc) is 2.49. The highest BCUT2D eigenvalue weighted by Gasteiger charge is 2.33. The second kappa shape index (κ2) is 7.27. The predicted octanol–water partition coefficient (Wildman–Crippen LogP) is 2.11. The zero-order valence-corrected chi connectivity index (χ0v) is 14.5. The van der Waals surface area contributed by atoms with Crippen LogP contribution in [0.2, 0.25) is 5.02 Å². The zero-order chi connectivity index (χ0) is 16.3. The Bertz CT molecular complexity index is 589. The Hall–Kier alpha value is -0.660. The first kappa shape index (κ1) is 17.7. The molecule has 1 fully saturated rings. The Morgan fingerprint density at radius 2 is 2.05 bits per heavy atom. The Balaban J connectivity index is 2.06. The smallest absolute Gasteiger partial charge is 0.282 e. The number of rotatable bonds is 5. The van der Waals surface area contributed by atoms with E-state index in [1.165, 1.54) is 8.61 Å². The van der Waals surface area contributed by atoms with Crippen LogP contribution in [-0.4, -0.2) is 48.4 Å². The first-order chi connectivity index (χ1) is 10.3. The van der Waals surface area contributed by atoms with E-state index in [2.05, 4.69) is 0 Å². The summed E-state index contributed by atoms with van der Waals surface area (Å²) in [6.07, 6.45) is 1.16. The van der Waals surface area contributed by atoms with Crippen molar-refractivity contribution >= 4 is 21.8 Å². The minimum Gasteiger partial charge on any atom is -0.393 e. The predicted molar refractivity (Wildman–Crippen MR) is 87.8 cm³/mol. The Labute approximate surface area is 137 Å². The maximum absolute atomic E-state index is 12.7. The van der Waals surface area contributed by atoms with Gasteiger partial charge in [-0.15, -0.1) is 0 Å².